The maximum atomic E-state index is 12.6. The average Bonchev–Trinajstić information content (AvgIpc) is 3.20. The second-order valence-corrected chi connectivity index (χ2v) is 8.23. The first-order valence-corrected chi connectivity index (χ1v) is 10.5. The van der Waals surface area contributed by atoms with Crippen molar-refractivity contribution >= 4 is 29.3 Å². The van der Waals surface area contributed by atoms with E-state index in [0.717, 1.165) is 0 Å². The molecule has 3 rings (SSSR count). The summed E-state index contributed by atoms with van der Waals surface area (Å²) in [6, 6.07) is 17.3. The number of benzene rings is 2. The zero-order valence-corrected chi connectivity index (χ0v) is 17.9. The number of hydrogen-bond acceptors (Lipinski definition) is 6. The first-order valence-electron chi connectivity index (χ1n) is 9.59. The number of aromatic nitrogens is 4. The lowest BCUT2D eigenvalue weighted by molar-refractivity contribution is -0.120. The van der Waals surface area contributed by atoms with E-state index in [1.165, 1.54) is 24.2 Å². The Kier molecular flexibility index (Phi) is 7.18. The second kappa shape index (κ2) is 10.0. The molecule has 2 aromatic carbocycles. The van der Waals surface area contributed by atoms with Crippen LogP contribution in [0.15, 0.2) is 59.8 Å². The van der Waals surface area contributed by atoms with Gasteiger partial charge >= 0.3 is 0 Å². The topological polar surface area (TPSA) is 102 Å². The molecule has 2 amide bonds. The van der Waals surface area contributed by atoms with Gasteiger partial charge in [-0.05, 0) is 47.0 Å². The zero-order valence-electron chi connectivity index (χ0n) is 17.1. The number of nitrogens with one attached hydrogen (secondary N) is 2. The van der Waals surface area contributed by atoms with Gasteiger partial charge < -0.3 is 10.6 Å². The number of tetrazole rings is 1. The third-order valence-corrected chi connectivity index (χ3v) is 5.49. The van der Waals surface area contributed by atoms with Crippen LogP contribution >= 0.6 is 11.8 Å². The minimum absolute atomic E-state index is 0.0793. The van der Waals surface area contributed by atoms with Gasteiger partial charge in [0, 0.05) is 19.2 Å². The van der Waals surface area contributed by atoms with E-state index in [2.05, 4.69) is 45.2 Å². The van der Waals surface area contributed by atoms with E-state index in [0.29, 0.717) is 23.1 Å². The molecule has 2 atom stereocenters. The molecule has 0 aliphatic carbocycles. The standard InChI is InChI=1S/C21H24N6O2S/c1-14(17-8-5-4-6-9-17)13-22-20(29)15(2)30-21-24-25-26-27(21)19-11-7-10-18(12-19)23-16(3)28/h4-12,14-15H,13H2,1-3H3,(H,22,29)(H,23,28). The Morgan fingerprint density at radius 1 is 1.10 bits per heavy atom. The van der Waals surface area contributed by atoms with Crippen LogP contribution in [0.1, 0.15) is 32.3 Å². The number of rotatable bonds is 8. The van der Waals surface area contributed by atoms with Gasteiger partial charge in [-0.2, -0.15) is 4.68 Å². The van der Waals surface area contributed by atoms with Crippen molar-refractivity contribution in [3.05, 3.63) is 60.2 Å². The molecule has 1 aromatic heterocycles. The van der Waals surface area contributed by atoms with Gasteiger partial charge in [-0.1, -0.05) is 55.1 Å². The van der Waals surface area contributed by atoms with Gasteiger partial charge in [0.1, 0.15) is 0 Å². The van der Waals surface area contributed by atoms with Crippen LogP contribution in [0.25, 0.3) is 5.69 Å². The Morgan fingerprint density at radius 3 is 2.60 bits per heavy atom. The van der Waals surface area contributed by atoms with Crippen molar-refractivity contribution in [3.63, 3.8) is 0 Å². The highest BCUT2D eigenvalue weighted by Crippen LogP contribution is 2.24. The minimum atomic E-state index is -0.378. The number of nitrogens with zero attached hydrogens (tertiary/aromatic N) is 4. The number of amides is 2. The summed E-state index contributed by atoms with van der Waals surface area (Å²) >= 11 is 1.27. The first-order chi connectivity index (χ1) is 14.4. The Balaban J connectivity index is 1.62. The molecular formula is C21H24N6O2S. The predicted molar refractivity (Wildman–Crippen MR) is 117 cm³/mol. The fourth-order valence-electron chi connectivity index (χ4n) is 2.84. The van der Waals surface area contributed by atoms with E-state index in [9.17, 15) is 9.59 Å². The highest BCUT2D eigenvalue weighted by atomic mass is 32.2. The van der Waals surface area contributed by atoms with Crippen LogP contribution in [-0.4, -0.2) is 43.8 Å². The summed E-state index contributed by atoms with van der Waals surface area (Å²) in [5.74, 6) is -0.0213. The van der Waals surface area contributed by atoms with Crippen molar-refractivity contribution in [2.24, 2.45) is 0 Å². The van der Waals surface area contributed by atoms with Gasteiger partial charge in [0.15, 0.2) is 0 Å². The molecule has 0 aliphatic rings. The highest BCUT2D eigenvalue weighted by Gasteiger charge is 2.20. The predicted octanol–water partition coefficient (Wildman–Crippen LogP) is 3.02. The normalized spacial score (nSPS) is 12.8. The molecule has 0 fully saturated rings. The fourth-order valence-corrected chi connectivity index (χ4v) is 3.67. The van der Waals surface area contributed by atoms with E-state index < -0.39 is 0 Å². The van der Waals surface area contributed by atoms with E-state index in [-0.39, 0.29) is 23.0 Å². The molecular weight excluding hydrogens is 400 g/mol. The molecule has 0 saturated carbocycles. The van der Waals surface area contributed by atoms with Crippen molar-refractivity contribution in [1.82, 2.24) is 25.5 Å². The summed E-state index contributed by atoms with van der Waals surface area (Å²) in [6.45, 7) is 5.90. The molecule has 2 N–H and O–H groups in total. The Hall–Kier alpha value is -3.20. The minimum Gasteiger partial charge on any atom is -0.355 e. The summed E-state index contributed by atoms with van der Waals surface area (Å²) in [5.41, 5.74) is 2.52. The molecule has 8 nitrogen and oxygen atoms in total. The van der Waals surface area contributed by atoms with Crippen molar-refractivity contribution in [1.29, 1.82) is 0 Å². The van der Waals surface area contributed by atoms with Crippen LogP contribution in [0.3, 0.4) is 0 Å². The van der Waals surface area contributed by atoms with Crippen molar-refractivity contribution in [3.8, 4) is 5.69 Å². The molecule has 156 valence electrons. The van der Waals surface area contributed by atoms with E-state index in [1.54, 1.807) is 22.9 Å². The molecule has 9 heteroatoms. The quantitative estimate of drug-likeness (QED) is 0.539. The van der Waals surface area contributed by atoms with Gasteiger partial charge in [-0.25, -0.2) is 0 Å². The third-order valence-electron chi connectivity index (χ3n) is 4.45. The monoisotopic (exact) mass is 424 g/mol. The second-order valence-electron chi connectivity index (χ2n) is 6.92. The lowest BCUT2D eigenvalue weighted by atomic mass is 10.0. The molecule has 3 aromatic rings. The number of carbonyl (C=O) groups excluding carboxylic acids is 2. The first kappa shape index (κ1) is 21.5. The number of carbonyl (C=O) groups is 2. The molecule has 2 unspecified atom stereocenters. The summed E-state index contributed by atoms with van der Waals surface area (Å²) in [7, 11) is 0. The van der Waals surface area contributed by atoms with Crippen LogP contribution in [0.2, 0.25) is 0 Å². The largest absolute Gasteiger partial charge is 0.355 e. The van der Waals surface area contributed by atoms with Crippen molar-refractivity contribution in [2.75, 3.05) is 11.9 Å². The summed E-state index contributed by atoms with van der Waals surface area (Å²) in [4.78, 5) is 23.9. The Bertz CT molecular complexity index is 1010. The van der Waals surface area contributed by atoms with Crippen LogP contribution in [0.4, 0.5) is 5.69 Å². The zero-order chi connectivity index (χ0) is 21.5. The van der Waals surface area contributed by atoms with Crippen molar-refractivity contribution in [2.45, 2.75) is 37.1 Å². The SMILES string of the molecule is CC(=O)Nc1cccc(-n2nnnc2SC(C)C(=O)NCC(C)c2ccccc2)c1. The molecule has 0 spiro atoms. The average molecular weight is 425 g/mol. The molecule has 30 heavy (non-hydrogen) atoms. The smallest absolute Gasteiger partial charge is 0.233 e. The number of anilines is 1. The van der Waals surface area contributed by atoms with E-state index >= 15 is 0 Å². The maximum Gasteiger partial charge on any atom is 0.233 e. The van der Waals surface area contributed by atoms with Gasteiger partial charge in [0.05, 0.1) is 10.9 Å². The fraction of sp³-hybridized carbons (Fsp3) is 0.286. The highest BCUT2D eigenvalue weighted by molar-refractivity contribution is 8.00. The molecule has 0 aliphatic heterocycles. The van der Waals surface area contributed by atoms with Gasteiger partial charge in [-0.15, -0.1) is 5.10 Å². The Morgan fingerprint density at radius 2 is 1.87 bits per heavy atom. The third kappa shape index (κ3) is 5.66. The number of thioether (sulfide) groups is 1. The molecule has 0 radical (unpaired) electrons. The summed E-state index contributed by atoms with van der Waals surface area (Å²) in [5, 5.41) is 17.7. The van der Waals surface area contributed by atoms with Crippen LogP contribution in [0, 0.1) is 0 Å². The van der Waals surface area contributed by atoms with Crippen LogP contribution < -0.4 is 10.6 Å². The van der Waals surface area contributed by atoms with Gasteiger partial charge in [0.2, 0.25) is 17.0 Å². The van der Waals surface area contributed by atoms with Gasteiger partial charge in [-0.3, -0.25) is 9.59 Å². The van der Waals surface area contributed by atoms with Crippen molar-refractivity contribution < 1.29 is 9.59 Å². The lowest BCUT2D eigenvalue weighted by Gasteiger charge is -2.16. The summed E-state index contributed by atoms with van der Waals surface area (Å²) < 4.78 is 1.55. The summed E-state index contributed by atoms with van der Waals surface area (Å²) in [6.07, 6.45) is 0. The molecule has 1 heterocycles. The van der Waals surface area contributed by atoms with Crippen LogP contribution in [-0.2, 0) is 9.59 Å². The van der Waals surface area contributed by atoms with Crippen LogP contribution in [0.5, 0.6) is 0 Å². The number of hydrogen-bond donors (Lipinski definition) is 2. The lowest BCUT2D eigenvalue weighted by Crippen LogP contribution is -2.33. The Labute approximate surface area is 179 Å². The maximum absolute atomic E-state index is 12.6. The van der Waals surface area contributed by atoms with E-state index in [4.69, 9.17) is 0 Å². The van der Waals surface area contributed by atoms with E-state index in [1.807, 2.05) is 31.2 Å². The van der Waals surface area contributed by atoms with Gasteiger partial charge in [0.25, 0.3) is 0 Å². The molecule has 0 saturated heterocycles. The molecule has 0 bridgehead atoms.